The first-order chi connectivity index (χ1) is 19.0. The molecular formula is C29H31F3N4O4. The molecule has 1 spiro atoms. The third-order valence-corrected chi connectivity index (χ3v) is 7.43. The molecule has 2 saturated heterocycles. The van der Waals surface area contributed by atoms with E-state index in [1.54, 1.807) is 4.90 Å². The zero-order chi connectivity index (χ0) is 28.9. The van der Waals surface area contributed by atoms with E-state index in [0.29, 0.717) is 13.2 Å². The van der Waals surface area contributed by atoms with Gasteiger partial charge in [0.15, 0.2) is 0 Å². The number of aliphatic carboxylic acids is 1. The van der Waals surface area contributed by atoms with Crippen molar-refractivity contribution in [1.82, 2.24) is 15.1 Å². The first-order valence-electron chi connectivity index (χ1n) is 12.9. The fourth-order valence-corrected chi connectivity index (χ4v) is 5.11. The minimum atomic E-state index is -5.08. The SMILES string of the molecule is CN(CCN1CCC2(CC1)C(=O)NCN2c1ccccc1)C(=O)c1ccc2ccccc2c1.O=C(O)C(F)(F)F. The minimum absolute atomic E-state index is 0.0413. The Kier molecular flexibility index (Phi) is 8.63. The molecule has 0 aliphatic carbocycles. The van der Waals surface area contributed by atoms with Crippen molar-refractivity contribution in [2.24, 2.45) is 0 Å². The molecule has 2 N–H and O–H groups in total. The number of fused-ring (bicyclic) bond motifs is 1. The molecule has 2 aliphatic heterocycles. The number of carbonyl (C=O) groups excluding carboxylic acids is 2. The Balaban J connectivity index is 0.000000470. The van der Waals surface area contributed by atoms with Gasteiger partial charge >= 0.3 is 12.1 Å². The van der Waals surface area contributed by atoms with Crippen LogP contribution >= 0.6 is 0 Å². The highest BCUT2D eigenvalue weighted by Crippen LogP contribution is 2.36. The van der Waals surface area contributed by atoms with Gasteiger partial charge < -0.3 is 25.1 Å². The third kappa shape index (κ3) is 6.36. The Morgan fingerprint density at radius 2 is 1.57 bits per heavy atom. The number of likely N-dealkylation sites (tertiary alicyclic amines) is 1. The highest BCUT2D eigenvalue weighted by molar-refractivity contribution is 5.98. The summed E-state index contributed by atoms with van der Waals surface area (Å²) in [5.41, 5.74) is 1.34. The van der Waals surface area contributed by atoms with Gasteiger partial charge in [0.2, 0.25) is 5.91 Å². The van der Waals surface area contributed by atoms with Crippen molar-refractivity contribution in [2.45, 2.75) is 24.6 Å². The van der Waals surface area contributed by atoms with E-state index in [4.69, 9.17) is 9.90 Å². The maximum absolute atomic E-state index is 13.0. The topological polar surface area (TPSA) is 93.2 Å². The van der Waals surface area contributed by atoms with Crippen molar-refractivity contribution in [2.75, 3.05) is 44.8 Å². The van der Waals surface area contributed by atoms with E-state index >= 15 is 0 Å². The molecule has 0 bridgehead atoms. The van der Waals surface area contributed by atoms with Gasteiger partial charge in [-0.3, -0.25) is 9.59 Å². The molecule has 0 unspecified atom stereocenters. The minimum Gasteiger partial charge on any atom is -0.475 e. The average Bonchev–Trinajstić information content (AvgIpc) is 3.27. The normalized spacial score (nSPS) is 16.8. The van der Waals surface area contributed by atoms with Crippen LogP contribution in [0.1, 0.15) is 23.2 Å². The van der Waals surface area contributed by atoms with E-state index in [1.165, 1.54) is 0 Å². The lowest BCUT2D eigenvalue weighted by atomic mass is 9.85. The molecule has 2 heterocycles. The fraction of sp³-hybridized carbons (Fsp3) is 0.345. The predicted molar refractivity (Wildman–Crippen MR) is 145 cm³/mol. The monoisotopic (exact) mass is 556 g/mol. The number of piperidine rings is 1. The van der Waals surface area contributed by atoms with Crippen molar-refractivity contribution >= 4 is 34.2 Å². The van der Waals surface area contributed by atoms with Crippen LogP contribution in [0.5, 0.6) is 0 Å². The van der Waals surface area contributed by atoms with Crippen molar-refractivity contribution in [3.05, 3.63) is 78.4 Å². The van der Waals surface area contributed by atoms with Crippen LogP contribution in [-0.2, 0) is 9.59 Å². The summed E-state index contributed by atoms with van der Waals surface area (Å²) >= 11 is 0. The van der Waals surface area contributed by atoms with Crippen molar-refractivity contribution in [3.63, 3.8) is 0 Å². The van der Waals surface area contributed by atoms with Gasteiger partial charge in [0.05, 0.1) is 6.67 Å². The van der Waals surface area contributed by atoms with Crippen molar-refractivity contribution in [1.29, 1.82) is 0 Å². The molecule has 0 saturated carbocycles. The van der Waals surface area contributed by atoms with Crippen LogP contribution in [0, 0.1) is 0 Å². The highest BCUT2D eigenvalue weighted by atomic mass is 19.4. The third-order valence-electron chi connectivity index (χ3n) is 7.43. The lowest BCUT2D eigenvalue weighted by Gasteiger charge is -2.43. The molecule has 3 aromatic rings. The number of hydrogen-bond donors (Lipinski definition) is 2. The van der Waals surface area contributed by atoms with E-state index in [9.17, 15) is 22.8 Å². The van der Waals surface area contributed by atoms with E-state index in [2.05, 4.69) is 33.3 Å². The van der Waals surface area contributed by atoms with Crippen LogP contribution in [0.15, 0.2) is 72.8 Å². The first kappa shape index (κ1) is 28.9. The summed E-state index contributed by atoms with van der Waals surface area (Å²) in [6, 6.07) is 24.1. The number of benzene rings is 3. The smallest absolute Gasteiger partial charge is 0.475 e. The quantitative estimate of drug-likeness (QED) is 0.494. The maximum Gasteiger partial charge on any atom is 0.490 e. The number of anilines is 1. The Labute approximate surface area is 230 Å². The van der Waals surface area contributed by atoms with Gasteiger partial charge in [-0.2, -0.15) is 13.2 Å². The van der Waals surface area contributed by atoms with Gasteiger partial charge in [0.25, 0.3) is 5.91 Å². The summed E-state index contributed by atoms with van der Waals surface area (Å²) in [6.45, 7) is 3.71. The second kappa shape index (κ2) is 12.0. The standard InChI is InChI=1S/C27H30N4O2.C2HF3O2/c1-29(25(32)23-12-11-21-7-5-6-8-22(21)19-23)17-18-30-15-13-27(14-16-30)26(33)28-20-31(27)24-9-3-2-4-10-24;3-2(4,5)1(6)7/h2-12,19H,13-18,20H2,1H3,(H,28,33);(H,6,7). The van der Waals surface area contributed by atoms with Crippen molar-refractivity contribution < 1.29 is 32.7 Å². The number of hydrogen-bond acceptors (Lipinski definition) is 5. The highest BCUT2D eigenvalue weighted by Gasteiger charge is 2.50. The lowest BCUT2D eigenvalue weighted by molar-refractivity contribution is -0.192. The maximum atomic E-state index is 13.0. The average molecular weight is 557 g/mol. The molecule has 8 nitrogen and oxygen atoms in total. The molecule has 0 aromatic heterocycles. The van der Waals surface area contributed by atoms with Gasteiger partial charge in [-0.1, -0.05) is 48.5 Å². The molecule has 2 aliphatic rings. The zero-order valence-corrected chi connectivity index (χ0v) is 22.0. The number of halogens is 3. The molecule has 11 heteroatoms. The molecular weight excluding hydrogens is 525 g/mol. The molecule has 212 valence electrons. The van der Waals surface area contributed by atoms with E-state index in [-0.39, 0.29) is 11.8 Å². The summed E-state index contributed by atoms with van der Waals surface area (Å²) in [5.74, 6) is -2.58. The van der Waals surface area contributed by atoms with Crippen LogP contribution in [0.3, 0.4) is 0 Å². The molecule has 2 fully saturated rings. The second-order valence-electron chi connectivity index (χ2n) is 9.89. The summed E-state index contributed by atoms with van der Waals surface area (Å²) in [7, 11) is 1.87. The van der Waals surface area contributed by atoms with Crippen LogP contribution < -0.4 is 10.2 Å². The number of carboxylic acids is 1. The van der Waals surface area contributed by atoms with Crippen LogP contribution in [0.4, 0.5) is 18.9 Å². The largest absolute Gasteiger partial charge is 0.490 e. The van der Waals surface area contributed by atoms with Crippen LogP contribution in [-0.4, -0.2) is 84.3 Å². The Morgan fingerprint density at radius 3 is 2.20 bits per heavy atom. The van der Waals surface area contributed by atoms with Gasteiger partial charge in [-0.25, -0.2) is 4.79 Å². The number of rotatable bonds is 5. The number of amides is 2. The Bertz CT molecular complexity index is 1360. The summed E-state index contributed by atoms with van der Waals surface area (Å²) < 4.78 is 31.7. The van der Waals surface area contributed by atoms with E-state index in [0.717, 1.165) is 54.5 Å². The number of nitrogens with one attached hydrogen (secondary N) is 1. The summed E-state index contributed by atoms with van der Waals surface area (Å²) in [5, 5.41) is 12.4. The van der Waals surface area contributed by atoms with Gasteiger partial charge in [0, 0.05) is 44.5 Å². The van der Waals surface area contributed by atoms with Crippen LogP contribution in [0.25, 0.3) is 10.8 Å². The molecule has 2 amide bonds. The number of nitrogens with zero attached hydrogens (tertiary/aromatic N) is 3. The fourth-order valence-electron chi connectivity index (χ4n) is 5.11. The Hall–Kier alpha value is -4.12. The van der Waals surface area contributed by atoms with Crippen molar-refractivity contribution in [3.8, 4) is 0 Å². The number of alkyl halides is 3. The van der Waals surface area contributed by atoms with Crippen LogP contribution in [0.2, 0.25) is 0 Å². The number of carbonyl (C=O) groups is 3. The van der Waals surface area contributed by atoms with Gasteiger partial charge in [-0.05, 0) is 47.9 Å². The second-order valence-corrected chi connectivity index (χ2v) is 9.89. The summed E-state index contributed by atoms with van der Waals surface area (Å²) in [6.07, 6.45) is -3.51. The predicted octanol–water partition coefficient (Wildman–Crippen LogP) is 3.97. The summed E-state index contributed by atoms with van der Waals surface area (Å²) in [4.78, 5) is 41.1. The zero-order valence-electron chi connectivity index (χ0n) is 22.0. The van der Waals surface area contributed by atoms with E-state index in [1.807, 2.05) is 61.6 Å². The Morgan fingerprint density at radius 1 is 0.975 bits per heavy atom. The molecule has 5 rings (SSSR count). The first-order valence-corrected chi connectivity index (χ1v) is 12.9. The number of carboxylic acid groups (broad SMARTS) is 1. The number of para-hydroxylation sites is 1. The van der Waals surface area contributed by atoms with E-state index < -0.39 is 17.7 Å². The molecule has 0 atom stereocenters. The molecule has 40 heavy (non-hydrogen) atoms. The lowest BCUT2D eigenvalue weighted by Crippen LogP contribution is -2.57. The number of likely N-dealkylation sites (N-methyl/N-ethyl adjacent to an activating group) is 1. The van der Waals surface area contributed by atoms with Gasteiger partial charge in [-0.15, -0.1) is 0 Å². The molecule has 0 radical (unpaired) electrons. The van der Waals surface area contributed by atoms with Gasteiger partial charge in [0.1, 0.15) is 5.54 Å². The molecule has 3 aromatic carbocycles.